The molecule has 24 heavy (non-hydrogen) atoms. The summed E-state index contributed by atoms with van der Waals surface area (Å²) in [5.74, 6) is 0.776. The Balaban J connectivity index is 1.69. The van der Waals surface area contributed by atoms with Crippen molar-refractivity contribution in [3.05, 3.63) is 47.2 Å². The molecule has 0 fully saturated rings. The van der Waals surface area contributed by atoms with Crippen LogP contribution < -0.4 is 4.74 Å². The molecular formula is C16H17F3N4O. The SMILES string of the molecule is Cc1ncc2c(n1)CCN(Cc1cccnc1OCC(F)(F)F)C2. The van der Waals surface area contributed by atoms with Crippen LogP contribution in [0.4, 0.5) is 13.2 Å². The summed E-state index contributed by atoms with van der Waals surface area (Å²) in [6.07, 6.45) is -0.350. The van der Waals surface area contributed by atoms with E-state index in [4.69, 9.17) is 4.74 Å². The van der Waals surface area contributed by atoms with E-state index >= 15 is 0 Å². The number of rotatable bonds is 4. The Hall–Kier alpha value is -2.22. The fourth-order valence-electron chi connectivity index (χ4n) is 2.67. The first kappa shape index (κ1) is 16.6. The van der Waals surface area contributed by atoms with Gasteiger partial charge in [0.1, 0.15) is 5.82 Å². The lowest BCUT2D eigenvalue weighted by Gasteiger charge is -2.28. The second-order valence-corrected chi connectivity index (χ2v) is 5.72. The molecule has 0 saturated heterocycles. The second-order valence-electron chi connectivity index (χ2n) is 5.72. The van der Waals surface area contributed by atoms with Crippen molar-refractivity contribution < 1.29 is 17.9 Å². The van der Waals surface area contributed by atoms with E-state index in [1.807, 2.05) is 13.1 Å². The topological polar surface area (TPSA) is 51.1 Å². The summed E-state index contributed by atoms with van der Waals surface area (Å²) in [4.78, 5) is 14.7. The molecule has 0 spiro atoms. The molecule has 0 saturated carbocycles. The Labute approximate surface area is 137 Å². The van der Waals surface area contributed by atoms with Gasteiger partial charge in [-0.1, -0.05) is 6.07 Å². The molecule has 2 aromatic rings. The molecule has 1 aliphatic heterocycles. The Morgan fingerprint density at radius 2 is 2.12 bits per heavy atom. The van der Waals surface area contributed by atoms with Crippen molar-refractivity contribution in [1.82, 2.24) is 19.9 Å². The van der Waals surface area contributed by atoms with Crippen molar-refractivity contribution in [2.45, 2.75) is 32.6 Å². The maximum absolute atomic E-state index is 12.4. The van der Waals surface area contributed by atoms with E-state index in [9.17, 15) is 13.2 Å². The minimum atomic E-state index is -4.38. The van der Waals surface area contributed by atoms with Crippen LogP contribution in [0.2, 0.25) is 0 Å². The lowest BCUT2D eigenvalue weighted by atomic mass is 10.1. The van der Waals surface area contributed by atoms with Gasteiger partial charge in [0, 0.05) is 55.3 Å². The largest absolute Gasteiger partial charge is 0.468 e. The first-order valence-corrected chi connectivity index (χ1v) is 7.58. The van der Waals surface area contributed by atoms with E-state index in [1.165, 1.54) is 6.20 Å². The van der Waals surface area contributed by atoms with Crippen LogP contribution in [0.5, 0.6) is 5.88 Å². The van der Waals surface area contributed by atoms with E-state index in [0.717, 1.165) is 30.0 Å². The van der Waals surface area contributed by atoms with Crippen LogP contribution in [0.3, 0.4) is 0 Å². The molecule has 8 heteroatoms. The van der Waals surface area contributed by atoms with Crippen LogP contribution in [0.1, 0.15) is 22.6 Å². The zero-order valence-electron chi connectivity index (χ0n) is 13.2. The number of halogens is 3. The molecule has 2 aromatic heterocycles. The number of aryl methyl sites for hydroxylation is 1. The third-order valence-electron chi connectivity index (χ3n) is 3.75. The third kappa shape index (κ3) is 4.19. The molecule has 3 rings (SSSR count). The summed E-state index contributed by atoms with van der Waals surface area (Å²) in [6.45, 7) is 2.41. The Morgan fingerprint density at radius 3 is 2.92 bits per heavy atom. The lowest BCUT2D eigenvalue weighted by molar-refractivity contribution is -0.154. The van der Waals surface area contributed by atoms with E-state index in [-0.39, 0.29) is 5.88 Å². The van der Waals surface area contributed by atoms with Gasteiger partial charge in [0.05, 0.1) is 0 Å². The summed E-state index contributed by atoms with van der Waals surface area (Å²) >= 11 is 0. The number of aromatic nitrogens is 3. The van der Waals surface area contributed by atoms with Crippen LogP contribution in [-0.4, -0.2) is 39.2 Å². The van der Waals surface area contributed by atoms with E-state index in [0.29, 0.717) is 18.7 Å². The highest BCUT2D eigenvalue weighted by Gasteiger charge is 2.29. The maximum Gasteiger partial charge on any atom is 0.422 e. The maximum atomic E-state index is 12.4. The molecule has 0 N–H and O–H groups in total. The Kier molecular flexibility index (Phi) is 4.66. The van der Waals surface area contributed by atoms with Crippen LogP contribution in [0, 0.1) is 6.92 Å². The third-order valence-corrected chi connectivity index (χ3v) is 3.75. The summed E-state index contributed by atoms with van der Waals surface area (Å²) in [5.41, 5.74) is 2.73. The fourth-order valence-corrected chi connectivity index (χ4v) is 2.67. The zero-order valence-corrected chi connectivity index (χ0v) is 13.2. The summed E-state index contributed by atoms with van der Waals surface area (Å²) in [5, 5.41) is 0. The van der Waals surface area contributed by atoms with Crippen molar-refractivity contribution in [1.29, 1.82) is 0 Å². The zero-order chi connectivity index (χ0) is 17.2. The number of alkyl halides is 3. The molecule has 128 valence electrons. The molecule has 0 unspecified atom stereocenters. The molecule has 0 bridgehead atoms. The van der Waals surface area contributed by atoms with Gasteiger partial charge in [-0.05, 0) is 13.0 Å². The van der Waals surface area contributed by atoms with Crippen molar-refractivity contribution in [2.24, 2.45) is 0 Å². The lowest BCUT2D eigenvalue weighted by Crippen LogP contribution is -2.31. The van der Waals surface area contributed by atoms with Gasteiger partial charge in [0.2, 0.25) is 5.88 Å². The fraction of sp³-hybridized carbons (Fsp3) is 0.438. The molecule has 5 nitrogen and oxygen atoms in total. The van der Waals surface area contributed by atoms with Gasteiger partial charge in [-0.2, -0.15) is 13.2 Å². The molecular weight excluding hydrogens is 321 g/mol. The van der Waals surface area contributed by atoms with Crippen molar-refractivity contribution >= 4 is 0 Å². The number of hydrogen-bond donors (Lipinski definition) is 0. The average Bonchev–Trinajstić information content (AvgIpc) is 2.53. The molecule has 3 heterocycles. The second kappa shape index (κ2) is 6.72. The van der Waals surface area contributed by atoms with E-state index in [1.54, 1.807) is 12.1 Å². The molecule has 0 aliphatic carbocycles. The van der Waals surface area contributed by atoms with Gasteiger partial charge < -0.3 is 4.74 Å². The number of hydrogen-bond acceptors (Lipinski definition) is 5. The standard InChI is InChI=1S/C16H17F3N4O/c1-11-21-7-13-9-23(6-4-14(13)22-11)8-12-3-2-5-20-15(12)24-10-16(17,18)19/h2-3,5,7H,4,6,8-10H2,1H3. The summed E-state index contributed by atoms with van der Waals surface area (Å²) in [6, 6.07) is 3.43. The van der Waals surface area contributed by atoms with Crippen molar-refractivity contribution in [2.75, 3.05) is 13.2 Å². The van der Waals surface area contributed by atoms with E-state index < -0.39 is 12.8 Å². The highest BCUT2D eigenvalue weighted by atomic mass is 19.4. The van der Waals surface area contributed by atoms with Gasteiger partial charge in [-0.25, -0.2) is 15.0 Å². The van der Waals surface area contributed by atoms with Crippen LogP contribution in [0.15, 0.2) is 24.5 Å². The summed E-state index contributed by atoms with van der Waals surface area (Å²) < 4.78 is 41.9. The predicted octanol–water partition coefficient (Wildman–Crippen LogP) is 2.68. The number of ether oxygens (including phenoxy) is 1. The average molecular weight is 338 g/mol. The van der Waals surface area contributed by atoms with Gasteiger partial charge in [-0.3, -0.25) is 4.90 Å². The molecule has 1 aliphatic rings. The van der Waals surface area contributed by atoms with Crippen LogP contribution in [-0.2, 0) is 19.5 Å². The smallest absolute Gasteiger partial charge is 0.422 e. The highest BCUT2D eigenvalue weighted by Crippen LogP contribution is 2.24. The minimum absolute atomic E-state index is 0.0285. The van der Waals surface area contributed by atoms with Gasteiger partial charge in [0.25, 0.3) is 0 Å². The quantitative estimate of drug-likeness (QED) is 0.858. The first-order chi connectivity index (χ1) is 11.4. The van der Waals surface area contributed by atoms with E-state index in [2.05, 4.69) is 19.9 Å². The molecule has 0 radical (unpaired) electrons. The minimum Gasteiger partial charge on any atom is -0.468 e. The number of fused-ring (bicyclic) bond motifs is 1. The number of pyridine rings is 1. The van der Waals surface area contributed by atoms with Gasteiger partial charge in [-0.15, -0.1) is 0 Å². The Bertz CT molecular complexity index is 721. The summed E-state index contributed by atoms with van der Waals surface area (Å²) in [7, 11) is 0. The van der Waals surface area contributed by atoms with Crippen molar-refractivity contribution in [3.8, 4) is 5.88 Å². The van der Waals surface area contributed by atoms with Crippen LogP contribution in [0.25, 0.3) is 0 Å². The van der Waals surface area contributed by atoms with Crippen LogP contribution >= 0.6 is 0 Å². The first-order valence-electron chi connectivity index (χ1n) is 7.58. The molecule has 0 atom stereocenters. The van der Waals surface area contributed by atoms with Gasteiger partial charge in [0.15, 0.2) is 6.61 Å². The monoisotopic (exact) mass is 338 g/mol. The number of nitrogens with zero attached hydrogens (tertiary/aromatic N) is 4. The normalized spacial score (nSPS) is 15.2. The Morgan fingerprint density at radius 1 is 1.29 bits per heavy atom. The predicted molar refractivity (Wildman–Crippen MR) is 80.4 cm³/mol. The highest BCUT2D eigenvalue weighted by molar-refractivity contribution is 5.26. The van der Waals surface area contributed by atoms with Gasteiger partial charge >= 0.3 is 6.18 Å². The molecule has 0 amide bonds. The molecule has 0 aromatic carbocycles. The van der Waals surface area contributed by atoms with Crippen molar-refractivity contribution in [3.63, 3.8) is 0 Å².